The Morgan fingerprint density at radius 2 is 1.53 bits per heavy atom. The summed E-state index contributed by atoms with van der Waals surface area (Å²) in [5.74, 6) is -0.782. The predicted octanol–water partition coefficient (Wildman–Crippen LogP) is 6.05. The van der Waals surface area contributed by atoms with E-state index in [4.69, 9.17) is 0 Å². The number of aromatic nitrogens is 2. The van der Waals surface area contributed by atoms with Crippen molar-refractivity contribution >= 4 is 11.6 Å². The fourth-order valence-electron chi connectivity index (χ4n) is 3.63. The summed E-state index contributed by atoms with van der Waals surface area (Å²) in [5, 5.41) is 6.44. The third-order valence-corrected chi connectivity index (χ3v) is 5.14. The normalized spacial score (nSPS) is 11.5. The Hall–Kier alpha value is -3.87. The largest absolute Gasteiger partial charge is 0.418 e. The number of rotatable bonds is 6. The quantitative estimate of drug-likeness (QED) is 0.401. The highest BCUT2D eigenvalue weighted by Gasteiger charge is 2.34. The first-order chi connectivity index (χ1) is 15.4. The second-order valence-corrected chi connectivity index (χ2v) is 7.30. The first-order valence-electron chi connectivity index (χ1n) is 10.0. The van der Waals surface area contributed by atoms with Gasteiger partial charge in [0.1, 0.15) is 0 Å². The Balaban J connectivity index is 1.61. The fourth-order valence-corrected chi connectivity index (χ4v) is 3.63. The van der Waals surface area contributed by atoms with Crippen LogP contribution < -0.4 is 5.32 Å². The Morgan fingerprint density at radius 1 is 0.906 bits per heavy atom. The number of hydrogen-bond acceptors (Lipinski definition) is 2. The van der Waals surface area contributed by atoms with Gasteiger partial charge in [0, 0.05) is 24.7 Å². The third-order valence-electron chi connectivity index (χ3n) is 5.14. The lowest BCUT2D eigenvalue weighted by Gasteiger charge is -2.19. The van der Waals surface area contributed by atoms with Crippen molar-refractivity contribution in [3.63, 3.8) is 0 Å². The van der Waals surface area contributed by atoms with Crippen molar-refractivity contribution in [1.82, 2.24) is 9.78 Å². The standard InChI is InChI=1S/C25H20F3N3O/c26-25(27,28)22-16-20(31-15-7-14-29-31)12-13-23(22)30-24(32)17-21(18-8-3-1-4-9-18)19-10-5-2-6-11-19/h1-16,21H,17H2,(H,30,32). The lowest BCUT2D eigenvalue weighted by Crippen LogP contribution is -2.19. The Bertz CT molecular complexity index is 1130. The number of alkyl halides is 3. The zero-order chi connectivity index (χ0) is 22.6. The summed E-state index contributed by atoms with van der Waals surface area (Å²) >= 11 is 0. The lowest BCUT2D eigenvalue weighted by molar-refractivity contribution is -0.137. The minimum atomic E-state index is -4.63. The maximum absolute atomic E-state index is 13.7. The SMILES string of the molecule is O=C(CC(c1ccccc1)c1ccccc1)Nc1ccc(-n2cccn2)cc1C(F)(F)F. The molecule has 0 bridgehead atoms. The molecule has 162 valence electrons. The molecule has 1 amide bonds. The molecule has 1 heterocycles. The van der Waals surface area contributed by atoms with Crippen LogP contribution in [0.15, 0.2) is 97.3 Å². The van der Waals surface area contributed by atoms with Crippen LogP contribution in [0.3, 0.4) is 0 Å². The Morgan fingerprint density at radius 3 is 2.06 bits per heavy atom. The molecule has 4 rings (SSSR count). The number of nitrogens with one attached hydrogen (secondary N) is 1. The van der Waals surface area contributed by atoms with Crippen LogP contribution >= 0.6 is 0 Å². The maximum atomic E-state index is 13.7. The summed E-state index contributed by atoms with van der Waals surface area (Å²) in [4.78, 5) is 12.9. The smallest absolute Gasteiger partial charge is 0.325 e. The zero-order valence-corrected chi connectivity index (χ0v) is 17.0. The van der Waals surface area contributed by atoms with E-state index in [0.717, 1.165) is 17.2 Å². The van der Waals surface area contributed by atoms with Crippen molar-refractivity contribution in [2.24, 2.45) is 0 Å². The summed E-state index contributed by atoms with van der Waals surface area (Å²) < 4.78 is 42.5. The van der Waals surface area contributed by atoms with Crippen molar-refractivity contribution in [2.45, 2.75) is 18.5 Å². The van der Waals surface area contributed by atoms with Crippen LogP contribution in [0, 0.1) is 0 Å². The summed E-state index contributed by atoms with van der Waals surface area (Å²) in [6.45, 7) is 0. The van der Waals surface area contributed by atoms with E-state index >= 15 is 0 Å². The number of anilines is 1. The van der Waals surface area contributed by atoms with Gasteiger partial charge >= 0.3 is 6.18 Å². The van der Waals surface area contributed by atoms with Crippen LogP contribution in [0.4, 0.5) is 18.9 Å². The van der Waals surface area contributed by atoms with E-state index in [1.165, 1.54) is 23.0 Å². The van der Waals surface area contributed by atoms with E-state index in [9.17, 15) is 18.0 Å². The number of carbonyl (C=O) groups is 1. The number of nitrogens with zero attached hydrogens (tertiary/aromatic N) is 2. The van der Waals surface area contributed by atoms with Crippen molar-refractivity contribution in [1.29, 1.82) is 0 Å². The van der Waals surface area contributed by atoms with E-state index in [0.29, 0.717) is 0 Å². The molecule has 32 heavy (non-hydrogen) atoms. The molecule has 0 unspecified atom stereocenters. The highest BCUT2D eigenvalue weighted by molar-refractivity contribution is 5.92. The molecule has 0 aliphatic heterocycles. The van der Waals surface area contributed by atoms with Gasteiger partial charge < -0.3 is 5.32 Å². The second-order valence-electron chi connectivity index (χ2n) is 7.30. The van der Waals surface area contributed by atoms with E-state index in [-0.39, 0.29) is 23.7 Å². The van der Waals surface area contributed by atoms with Gasteiger partial charge in [0.25, 0.3) is 0 Å². The van der Waals surface area contributed by atoms with Gasteiger partial charge in [0.15, 0.2) is 0 Å². The molecule has 1 N–H and O–H groups in total. The van der Waals surface area contributed by atoms with Crippen LogP contribution in [-0.4, -0.2) is 15.7 Å². The summed E-state index contributed by atoms with van der Waals surface area (Å²) in [6, 6.07) is 24.2. The van der Waals surface area contributed by atoms with Crippen LogP contribution in [0.1, 0.15) is 29.0 Å². The Kier molecular flexibility index (Phi) is 6.07. The molecule has 0 saturated carbocycles. The van der Waals surface area contributed by atoms with Crippen LogP contribution in [-0.2, 0) is 11.0 Å². The molecule has 0 atom stereocenters. The molecule has 0 radical (unpaired) electrons. The van der Waals surface area contributed by atoms with Gasteiger partial charge in [-0.1, -0.05) is 60.7 Å². The van der Waals surface area contributed by atoms with Crippen molar-refractivity contribution in [3.8, 4) is 5.69 Å². The van der Waals surface area contributed by atoms with E-state index in [1.54, 1.807) is 12.3 Å². The summed E-state index contributed by atoms with van der Waals surface area (Å²) in [6.07, 6.45) is -1.59. The minimum Gasteiger partial charge on any atom is -0.325 e. The molecule has 3 aromatic carbocycles. The molecule has 0 spiro atoms. The molecule has 0 aliphatic rings. The monoisotopic (exact) mass is 435 g/mol. The van der Waals surface area contributed by atoms with Gasteiger partial charge in [-0.05, 0) is 35.4 Å². The van der Waals surface area contributed by atoms with Gasteiger partial charge in [0.2, 0.25) is 5.91 Å². The Labute approximate surface area is 183 Å². The van der Waals surface area contributed by atoms with Crippen LogP contribution in [0.2, 0.25) is 0 Å². The molecule has 1 aromatic heterocycles. The topological polar surface area (TPSA) is 46.9 Å². The van der Waals surface area contributed by atoms with E-state index < -0.39 is 17.6 Å². The predicted molar refractivity (Wildman–Crippen MR) is 117 cm³/mol. The number of hydrogen-bond donors (Lipinski definition) is 1. The van der Waals surface area contributed by atoms with Gasteiger partial charge in [-0.2, -0.15) is 18.3 Å². The van der Waals surface area contributed by atoms with E-state index in [1.807, 2.05) is 60.7 Å². The highest BCUT2D eigenvalue weighted by Crippen LogP contribution is 2.37. The molecule has 4 aromatic rings. The molecule has 4 nitrogen and oxygen atoms in total. The summed E-state index contributed by atoms with van der Waals surface area (Å²) in [7, 11) is 0. The molecular formula is C25H20F3N3O. The maximum Gasteiger partial charge on any atom is 0.418 e. The number of benzene rings is 3. The first-order valence-corrected chi connectivity index (χ1v) is 10.0. The highest BCUT2D eigenvalue weighted by atomic mass is 19.4. The molecule has 0 fully saturated rings. The van der Waals surface area contributed by atoms with Crippen LogP contribution in [0.5, 0.6) is 0 Å². The molecule has 7 heteroatoms. The van der Waals surface area contributed by atoms with Gasteiger partial charge in [0.05, 0.1) is 16.9 Å². The zero-order valence-electron chi connectivity index (χ0n) is 17.0. The number of halogens is 3. The first kappa shape index (κ1) is 21.4. The molecule has 0 saturated heterocycles. The third kappa shape index (κ3) is 4.88. The van der Waals surface area contributed by atoms with Crippen molar-refractivity contribution in [3.05, 3.63) is 114 Å². The van der Waals surface area contributed by atoms with Crippen molar-refractivity contribution < 1.29 is 18.0 Å². The fraction of sp³-hybridized carbons (Fsp3) is 0.120. The van der Waals surface area contributed by atoms with Crippen molar-refractivity contribution in [2.75, 3.05) is 5.32 Å². The number of amides is 1. The molecule has 0 aliphatic carbocycles. The van der Waals surface area contributed by atoms with E-state index in [2.05, 4.69) is 10.4 Å². The van der Waals surface area contributed by atoms with Gasteiger partial charge in [-0.3, -0.25) is 4.79 Å². The van der Waals surface area contributed by atoms with Gasteiger partial charge in [-0.25, -0.2) is 4.68 Å². The molecular weight excluding hydrogens is 415 g/mol. The van der Waals surface area contributed by atoms with Crippen LogP contribution in [0.25, 0.3) is 5.69 Å². The minimum absolute atomic E-state index is 0.00618. The summed E-state index contributed by atoms with van der Waals surface area (Å²) in [5.41, 5.74) is 0.887. The van der Waals surface area contributed by atoms with Gasteiger partial charge in [-0.15, -0.1) is 0 Å². The average Bonchev–Trinajstić information content (AvgIpc) is 3.33. The second kappa shape index (κ2) is 9.09. The number of carbonyl (C=O) groups excluding carboxylic acids is 1. The average molecular weight is 435 g/mol. The lowest BCUT2D eigenvalue weighted by atomic mass is 9.88.